The molecule has 0 fully saturated rings. The molecule has 0 amide bonds. The van der Waals surface area contributed by atoms with Crippen LogP contribution in [0.1, 0.15) is 6.92 Å². The topological polar surface area (TPSA) is 48.6 Å². The van der Waals surface area contributed by atoms with E-state index in [1.807, 2.05) is 0 Å². The molecular formula is C7H8BrN3. The summed E-state index contributed by atoms with van der Waals surface area (Å²) in [6.45, 7) is 1.80. The molecule has 1 N–H and O–H groups in total. The van der Waals surface area contributed by atoms with Crippen LogP contribution in [0.2, 0.25) is 0 Å². The Morgan fingerprint density at radius 3 is 2.73 bits per heavy atom. The number of halogens is 1. The Kier molecular flexibility index (Phi) is 2.34. The molecule has 1 aliphatic heterocycles. The fourth-order valence-electron chi connectivity index (χ4n) is 0.789. The summed E-state index contributed by atoms with van der Waals surface area (Å²) in [5.41, 5.74) is 1.76. The molecule has 58 valence electrons. The lowest BCUT2D eigenvalue weighted by molar-refractivity contribution is 1.42. The first-order valence-corrected chi connectivity index (χ1v) is 3.92. The first-order valence-electron chi connectivity index (χ1n) is 3.13. The summed E-state index contributed by atoms with van der Waals surface area (Å²) in [6, 6.07) is 0. The van der Waals surface area contributed by atoms with Crippen molar-refractivity contribution in [3.63, 3.8) is 0 Å². The van der Waals surface area contributed by atoms with Gasteiger partial charge in [-0.25, -0.2) is 0 Å². The van der Waals surface area contributed by atoms with Gasteiger partial charge in [-0.2, -0.15) is 0 Å². The van der Waals surface area contributed by atoms with Crippen LogP contribution >= 0.6 is 15.9 Å². The largest absolute Gasteiger partial charge is 0.297 e. The van der Waals surface area contributed by atoms with E-state index in [1.165, 1.54) is 0 Å². The quantitative estimate of drug-likeness (QED) is 0.639. The van der Waals surface area contributed by atoms with Gasteiger partial charge in [0.1, 0.15) is 5.71 Å². The summed E-state index contributed by atoms with van der Waals surface area (Å²) in [5, 5.41) is 7.55. The average Bonchev–Trinajstić information content (AvgIpc) is 1.99. The number of hydrogen-bond donors (Lipinski definition) is 1. The molecule has 0 radical (unpaired) electrons. The Morgan fingerprint density at radius 1 is 1.64 bits per heavy atom. The second-order valence-electron chi connectivity index (χ2n) is 2.14. The molecule has 0 saturated carbocycles. The van der Waals surface area contributed by atoms with Crippen molar-refractivity contribution >= 4 is 33.1 Å². The van der Waals surface area contributed by atoms with Crippen LogP contribution in [0.3, 0.4) is 0 Å². The van der Waals surface area contributed by atoms with Gasteiger partial charge >= 0.3 is 0 Å². The van der Waals surface area contributed by atoms with Crippen molar-refractivity contribution < 1.29 is 0 Å². The molecule has 0 unspecified atom stereocenters. The van der Waals surface area contributed by atoms with Crippen LogP contribution in [-0.4, -0.2) is 24.2 Å². The third-order valence-electron chi connectivity index (χ3n) is 1.42. The zero-order chi connectivity index (χ0) is 8.43. The van der Waals surface area contributed by atoms with Gasteiger partial charge in [0.05, 0.1) is 15.9 Å². The van der Waals surface area contributed by atoms with E-state index in [1.54, 1.807) is 20.2 Å². The van der Waals surface area contributed by atoms with Crippen LogP contribution in [0.15, 0.2) is 20.7 Å². The molecule has 0 aromatic heterocycles. The highest BCUT2D eigenvalue weighted by Gasteiger charge is 2.15. The minimum atomic E-state index is 0.391. The monoisotopic (exact) mass is 213 g/mol. The van der Waals surface area contributed by atoms with E-state index in [4.69, 9.17) is 5.41 Å². The maximum atomic E-state index is 7.55. The van der Waals surface area contributed by atoms with E-state index in [9.17, 15) is 0 Å². The average molecular weight is 214 g/mol. The predicted molar refractivity (Wildman–Crippen MR) is 51.2 cm³/mol. The highest BCUT2D eigenvalue weighted by Crippen LogP contribution is 2.13. The van der Waals surface area contributed by atoms with E-state index in [2.05, 4.69) is 25.9 Å². The van der Waals surface area contributed by atoms with E-state index >= 15 is 0 Å². The summed E-state index contributed by atoms with van der Waals surface area (Å²) in [4.78, 5) is 7.95. The number of rotatable bonds is 0. The SMILES string of the molecule is CN=C1C(=N)C(C)=NC=C1Br. The first-order chi connectivity index (χ1) is 5.16. The lowest BCUT2D eigenvalue weighted by atomic mass is 10.1. The van der Waals surface area contributed by atoms with E-state index in [-0.39, 0.29) is 0 Å². The molecule has 0 bridgehead atoms. The van der Waals surface area contributed by atoms with Gasteiger partial charge in [0.25, 0.3) is 0 Å². The summed E-state index contributed by atoms with van der Waals surface area (Å²) < 4.78 is 0.774. The second-order valence-corrected chi connectivity index (χ2v) is 2.99. The molecule has 0 aromatic rings. The molecule has 1 rings (SSSR count). The van der Waals surface area contributed by atoms with Crippen LogP contribution in [0.25, 0.3) is 0 Å². The maximum absolute atomic E-state index is 7.55. The predicted octanol–water partition coefficient (Wildman–Crippen LogP) is 1.79. The van der Waals surface area contributed by atoms with Crippen molar-refractivity contribution in [2.75, 3.05) is 7.05 Å². The number of hydrogen-bond acceptors (Lipinski definition) is 3. The number of nitrogens with one attached hydrogen (secondary N) is 1. The van der Waals surface area contributed by atoms with Gasteiger partial charge in [0.15, 0.2) is 0 Å². The fourth-order valence-corrected chi connectivity index (χ4v) is 1.27. The van der Waals surface area contributed by atoms with Gasteiger partial charge < -0.3 is 0 Å². The molecule has 0 atom stereocenters. The summed E-state index contributed by atoms with van der Waals surface area (Å²) in [7, 11) is 1.66. The minimum Gasteiger partial charge on any atom is -0.297 e. The fraction of sp³-hybridized carbons (Fsp3) is 0.286. The Morgan fingerprint density at radius 2 is 2.27 bits per heavy atom. The van der Waals surface area contributed by atoms with Gasteiger partial charge in [-0.3, -0.25) is 15.4 Å². The Labute approximate surface area is 73.6 Å². The first kappa shape index (κ1) is 8.33. The zero-order valence-electron chi connectivity index (χ0n) is 6.35. The van der Waals surface area contributed by atoms with E-state index in [0.29, 0.717) is 17.1 Å². The Hall–Kier alpha value is -0.770. The van der Waals surface area contributed by atoms with Gasteiger partial charge in [-0.15, -0.1) is 0 Å². The second kappa shape index (κ2) is 3.09. The van der Waals surface area contributed by atoms with Crippen LogP contribution in [0.5, 0.6) is 0 Å². The van der Waals surface area contributed by atoms with Crippen molar-refractivity contribution in [3.05, 3.63) is 10.7 Å². The van der Waals surface area contributed by atoms with Crippen molar-refractivity contribution in [1.82, 2.24) is 0 Å². The standard InChI is InChI=1S/C7H8BrN3/c1-4-6(9)7(10-2)5(8)3-11-4/h3,9H,1-2H3. The number of aliphatic imine (C=N–C) groups is 2. The van der Waals surface area contributed by atoms with Crippen LogP contribution in [0, 0.1) is 5.41 Å². The van der Waals surface area contributed by atoms with Crippen molar-refractivity contribution in [2.45, 2.75) is 6.92 Å². The molecule has 1 heterocycles. The lowest BCUT2D eigenvalue weighted by Crippen LogP contribution is -2.23. The molecule has 0 saturated heterocycles. The smallest absolute Gasteiger partial charge is 0.102 e. The van der Waals surface area contributed by atoms with Crippen LogP contribution in [-0.2, 0) is 0 Å². The molecule has 11 heavy (non-hydrogen) atoms. The Balaban J connectivity index is 3.13. The van der Waals surface area contributed by atoms with Gasteiger partial charge in [-0.05, 0) is 22.9 Å². The summed E-state index contributed by atoms with van der Waals surface area (Å²) in [5.74, 6) is 0. The molecule has 1 aliphatic rings. The number of nitrogens with zero attached hydrogens (tertiary/aromatic N) is 2. The maximum Gasteiger partial charge on any atom is 0.102 e. The van der Waals surface area contributed by atoms with Gasteiger partial charge in [0, 0.05) is 13.2 Å². The molecular weight excluding hydrogens is 206 g/mol. The van der Waals surface area contributed by atoms with Crippen molar-refractivity contribution in [1.29, 1.82) is 5.41 Å². The van der Waals surface area contributed by atoms with Crippen molar-refractivity contribution in [2.24, 2.45) is 9.98 Å². The molecule has 4 heteroatoms. The van der Waals surface area contributed by atoms with Crippen LogP contribution < -0.4 is 0 Å². The molecule has 3 nitrogen and oxygen atoms in total. The van der Waals surface area contributed by atoms with Crippen molar-refractivity contribution in [3.8, 4) is 0 Å². The lowest BCUT2D eigenvalue weighted by Gasteiger charge is -2.09. The van der Waals surface area contributed by atoms with Crippen LogP contribution in [0.4, 0.5) is 0 Å². The van der Waals surface area contributed by atoms with Gasteiger partial charge in [-0.1, -0.05) is 0 Å². The molecule has 0 aromatic carbocycles. The summed E-state index contributed by atoms with van der Waals surface area (Å²) >= 11 is 3.27. The number of allylic oxidation sites excluding steroid dienone is 1. The Bertz CT molecular complexity index is 282. The zero-order valence-corrected chi connectivity index (χ0v) is 7.94. The summed E-state index contributed by atoms with van der Waals surface area (Å²) in [6.07, 6.45) is 1.66. The highest BCUT2D eigenvalue weighted by molar-refractivity contribution is 9.12. The normalized spacial score (nSPS) is 21.7. The van der Waals surface area contributed by atoms with E-state index < -0.39 is 0 Å². The van der Waals surface area contributed by atoms with Gasteiger partial charge in [0.2, 0.25) is 0 Å². The highest BCUT2D eigenvalue weighted by atomic mass is 79.9. The third kappa shape index (κ3) is 1.45. The molecule has 0 spiro atoms. The molecule has 0 aliphatic carbocycles. The van der Waals surface area contributed by atoms with E-state index in [0.717, 1.165) is 4.48 Å². The third-order valence-corrected chi connectivity index (χ3v) is 2.00. The minimum absolute atomic E-state index is 0.391.